The van der Waals surface area contributed by atoms with Crippen LogP contribution in [-0.2, 0) is 33.8 Å². The van der Waals surface area contributed by atoms with Crippen LogP contribution in [0.25, 0.3) is 22.6 Å². The maximum absolute atomic E-state index is 12.8. The molecule has 2 aromatic carbocycles. The number of aryl methyl sites for hydroxylation is 2. The van der Waals surface area contributed by atoms with Crippen LogP contribution in [0.4, 0.5) is 0 Å². The molecule has 0 aliphatic heterocycles. The van der Waals surface area contributed by atoms with Crippen molar-refractivity contribution in [2.45, 2.75) is 59.2 Å². The molecule has 0 aliphatic rings. The normalized spacial score (nSPS) is 11.6. The molecule has 226 valence electrons. The van der Waals surface area contributed by atoms with E-state index in [0.29, 0.717) is 48.4 Å². The van der Waals surface area contributed by atoms with Crippen LogP contribution in [0.2, 0.25) is 0 Å². The molecule has 0 bridgehead atoms. The number of rotatable bonds is 15. The average Bonchev–Trinajstić information content (AvgIpc) is 3.49. The highest BCUT2D eigenvalue weighted by Gasteiger charge is 2.18. The van der Waals surface area contributed by atoms with Crippen molar-refractivity contribution in [2.24, 2.45) is 4.99 Å². The highest BCUT2D eigenvalue weighted by Crippen LogP contribution is 2.28. The summed E-state index contributed by atoms with van der Waals surface area (Å²) >= 11 is 0. The van der Waals surface area contributed by atoms with Crippen LogP contribution in [0, 0.1) is 6.92 Å². The summed E-state index contributed by atoms with van der Waals surface area (Å²) in [6.07, 6.45) is 4.16. The van der Waals surface area contributed by atoms with Crippen molar-refractivity contribution in [3.05, 3.63) is 88.2 Å². The van der Waals surface area contributed by atoms with E-state index in [2.05, 4.69) is 27.3 Å². The Balaban J connectivity index is 1.48. The number of ketones is 1. The van der Waals surface area contributed by atoms with Crippen LogP contribution in [0.5, 0.6) is 0 Å². The van der Waals surface area contributed by atoms with E-state index >= 15 is 0 Å². The molecule has 0 atom stereocenters. The number of aromatic nitrogens is 3. The summed E-state index contributed by atoms with van der Waals surface area (Å²) in [5, 5.41) is 13.1. The molecule has 9 heteroatoms. The van der Waals surface area contributed by atoms with Crippen LogP contribution in [0.3, 0.4) is 0 Å². The number of ether oxygens (including phenoxy) is 3. The summed E-state index contributed by atoms with van der Waals surface area (Å²) in [4.78, 5) is 17.2. The van der Waals surface area contributed by atoms with Gasteiger partial charge >= 0.3 is 0 Å². The first-order valence-electron chi connectivity index (χ1n) is 14.6. The number of Topliss-reactive ketones (excluding diaryl/α,β-unsaturated/α-hetero) is 1. The third kappa shape index (κ3) is 8.21. The molecule has 0 N–H and O–H groups in total. The largest absolute Gasteiger partial charge is 0.473 e. The second kappa shape index (κ2) is 15.9. The Kier molecular flexibility index (Phi) is 11.7. The van der Waals surface area contributed by atoms with Gasteiger partial charge in [0.05, 0.1) is 5.69 Å². The van der Waals surface area contributed by atoms with Gasteiger partial charge in [-0.25, -0.2) is 0 Å². The highest BCUT2D eigenvalue weighted by molar-refractivity contribution is 6.00. The summed E-state index contributed by atoms with van der Waals surface area (Å²) in [7, 11) is 5.02. The predicted molar refractivity (Wildman–Crippen MR) is 166 cm³/mol. The monoisotopic (exact) mass is 584 g/mol. The smallest absolute Gasteiger partial charge is 0.216 e. The minimum Gasteiger partial charge on any atom is -0.473 e. The lowest BCUT2D eigenvalue weighted by Crippen LogP contribution is -2.11. The lowest BCUT2D eigenvalue weighted by atomic mass is 9.98. The van der Waals surface area contributed by atoms with Crippen LogP contribution in [0.1, 0.15) is 71.0 Å². The van der Waals surface area contributed by atoms with Crippen molar-refractivity contribution in [1.29, 1.82) is 0 Å². The maximum atomic E-state index is 12.8. The SMILES string of the molecule is CCc1cc(C(=O)CCCCCOC)ccc1COC(=NC)c1ccccc1-c1cc(C)c(-c2cc(COC)on2)nn1. The van der Waals surface area contributed by atoms with Gasteiger partial charge in [-0.05, 0) is 61.1 Å². The predicted octanol–water partition coefficient (Wildman–Crippen LogP) is 6.80. The van der Waals surface area contributed by atoms with E-state index in [1.165, 1.54) is 0 Å². The van der Waals surface area contributed by atoms with Crippen molar-refractivity contribution in [3.63, 3.8) is 0 Å². The number of carbonyl (C=O) groups is 1. The van der Waals surface area contributed by atoms with E-state index in [9.17, 15) is 4.79 Å². The molecule has 0 amide bonds. The van der Waals surface area contributed by atoms with Gasteiger partial charge in [0.15, 0.2) is 11.5 Å². The van der Waals surface area contributed by atoms with Crippen molar-refractivity contribution in [2.75, 3.05) is 27.9 Å². The minimum absolute atomic E-state index is 0.172. The van der Waals surface area contributed by atoms with Crippen LogP contribution < -0.4 is 0 Å². The fourth-order valence-corrected chi connectivity index (χ4v) is 4.93. The number of hydrogen-bond acceptors (Lipinski definition) is 9. The molecule has 0 spiro atoms. The van der Waals surface area contributed by atoms with Crippen molar-refractivity contribution in [1.82, 2.24) is 15.4 Å². The van der Waals surface area contributed by atoms with Gasteiger partial charge in [0.1, 0.15) is 24.6 Å². The second-order valence-corrected chi connectivity index (χ2v) is 10.3. The average molecular weight is 585 g/mol. The van der Waals surface area contributed by atoms with E-state index < -0.39 is 0 Å². The van der Waals surface area contributed by atoms with E-state index in [1.807, 2.05) is 55.5 Å². The third-order valence-corrected chi connectivity index (χ3v) is 7.24. The van der Waals surface area contributed by atoms with Gasteiger partial charge in [-0.15, -0.1) is 10.2 Å². The van der Waals surface area contributed by atoms with Gasteiger partial charge < -0.3 is 18.7 Å². The van der Waals surface area contributed by atoms with Gasteiger partial charge in [0, 0.05) is 57.1 Å². The molecule has 0 aliphatic carbocycles. The zero-order valence-electron chi connectivity index (χ0n) is 25.7. The first-order valence-corrected chi connectivity index (χ1v) is 14.6. The lowest BCUT2D eigenvalue weighted by Gasteiger charge is -2.15. The van der Waals surface area contributed by atoms with Gasteiger partial charge in [-0.1, -0.05) is 48.8 Å². The first kappa shape index (κ1) is 31.7. The third-order valence-electron chi connectivity index (χ3n) is 7.24. The summed E-state index contributed by atoms with van der Waals surface area (Å²) in [6, 6.07) is 17.5. The Hall–Kier alpha value is -4.21. The molecular weight excluding hydrogens is 544 g/mol. The summed E-state index contributed by atoms with van der Waals surface area (Å²) in [6.45, 7) is 5.45. The minimum atomic E-state index is 0.172. The Morgan fingerprint density at radius 3 is 2.49 bits per heavy atom. The molecule has 4 aromatic rings. The standard InChI is InChI=1S/C34H40N4O5/c1-6-24-19-25(32(39)14-8-7-11-17-40-4)15-16-26(24)21-42-34(35-3)29-13-10-9-12-28(29)30-18-23(2)33(37-36-30)31-20-27(22-41-5)43-38-31/h9-10,12-13,15-16,18-20H,6-8,11,14,17,21-22H2,1-5H3. The van der Waals surface area contributed by atoms with Crippen molar-refractivity contribution < 1.29 is 23.5 Å². The van der Waals surface area contributed by atoms with E-state index in [1.54, 1.807) is 27.3 Å². The molecule has 4 rings (SSSR count). The molecular formula is C34H40N4O5. The number of aliphatic imine (C=N–C) groups is 1. The number of unbranched alkanes of at least 4 members (excludes halogenated alkanes) is 2. The van der Waals surface area contributed by atoms with Gasteiger partial charge in [0.25, 0.3) is 0 Å². The highest BCUT2D eigenvalue weighted by atomic mass is 16.5. The maximum Gasteiger partial charge on any atom is 0.216 e. The molecule has 2 heterocycles. The van der Waals surface area contributed by atoms with Crippen LogP contribution >= 0.6 is 0 Å². The quantitative estimate of drug-likeness (QED) is 0.0650. The second-order valence-electron chi connectivity index (χ2n) is 10.3. The molecule has 0 fully saturated rings. The van der Waals surface area contributed by atoms with Crippen LogP contribution in [-0.4, -0.2) is 54.9 Å². The zero-order chi connectivity index (χ0) is 30.6. The molecule has 43 heavy (non-hydrogen) atoms. The first-order chi connectivity index (χ1) is 21.0. The number of nitrogens with zero attached hydrogens (tertiary/aromatic N) is 4. The van der Waals surface area contributed by atoms with Gasteiger partial charge in [0.2, 0.25) is 5.90 Å². The number of methoxy groups -OCH3 is 2. The summed E-state index contributed by atoms with van der Waals surface area (Å²) < 4.78 is 21.8. The fraction of sp³-hybridized carbons (Fsp3) is 0.382. The number of hydrogen-bond donors (Lipinski definition) is 0. The van der Waals surface area contributed by atoms with Crippen molar-refractivity contribution in [3.8, 4) is 22.6 Å². The lowest BCUT2D eigenvalue weighted by molar-refractivity contribution is 0.0977. The Labute approximate surface area is 253 Å². The molecule has 0 unspecified atom stereocenters. The molecule has 0 saturated carbocycles. The zero-order valence-corrected chi connectivity index (χ0v) is 25.7. The van der Waals surface area contributed by atoms with Crippen LogP contribution in [0.15, 0.2) is 64.1 Å². The Morgan fingerprint density at radius 1 is 0.907 bits per heavy atom. The van der Waals surface area contributed by atoms with Crippen molar-refractivity contribution >= 4 is 11.7 Å². The van der Waals surface area contributed by atoms with E-state index in [-0.39, 0.29) is 5.78 Å². The van der Waals surface area contributed by atoms with E-state index in [0.717, 1.165) is 65.7 Å². The summed E-state index contributed by atoms with van der Waals surface area (Å²) in [5.41, 5.74) is 7.39. The number of carbonyl (C=O) groups excluding carboxylic acids is 1. The Morgan fingerprint density at radius 2 is 1.74 bits per heavy atom. The van der Waals surface area contributed by atoms with E-state index in [4.69, 9.17) is 18.7 Å². The fourth-order valence-electron chi connectivity index (χ4n) is 4.93. The van der Waals surface area contributed by atoms with Gasteiger partial charge in [-0.3, -0.25) is 9.79 Å². The number of benzene rings is 2. The topological polar surface area (TPSA) is 109 Å². The van der Waals surface area contributed by atoms with Gasteiger partial charge in [-0.2, -0.15) is 0 Å². The molecule has 9 nitrogen and oxygen atoms in total. The molecule has 2 aromatic heterocycles. The Bertz CT molecular complexity index is 1550. The summed E-state index contributed by atoms with van der Waals surface area (Å²) in [5.74, 6) is 1.29. The molecule has 0 radical (unpaired) electrons. The molecule has 0 saturated heterocycles.